The van der Waals surface area contributed by atoms with Crippen LogP contribution < -0.4 is 10.6 Å². The van der Waals surface area contributed by atoms with Crippen LogP contribution in [0.15, 0.2) is 12.7 Å². The summed E-state index contributed by atoms with van der Waals surface area (Å²) in [7, 11) is 0. The third kappa shape index (κ3) is 5.06. The number of nitrogens with one attached hydrogen (secondary N) is 2. The van der Waals surface area contributed by atoms with Gasteiger partial charge in [0, 0.05) is 31.6 Å². The molecule has 0 bridgehead atoms. The maximum Gasteiger partial charge on any atom is 0.315 e. The van der Waals surface area contributed by atoms with Crippen molar-refractivity contribution >= 4 is 11.9 Å². The van der Waals surface area contributed by atoms with Crippen molar-refractivity contribution in [3.63, 3.8) is 0 Å². The zero-order chi connectivity index (χ0) is 15.9. The zero-order valence-electron chi connectivity index (χ0n) is 13.6. The monoisotopic (exact) mass is 295 g/mol. The lowest BCUT2D eigenvalue weighted by molar-refractivity contribution is -0.129. The Balaban J connectivity index is 2.46. The number of amides is 3. The first-order valence-electron chi connectivity index (χ1n) is 7.91. The minimum absolute atomic E-state index is 0.109. The highest BCUT2D eigenvalue weighted by atomic mass is 16.2. The van der Waals surface area contributed by atoms with E-state index in [1.165, 1.54) is 0 Å². The van der Waals surface area contributed by atoms with Crippen LogP contribution in [0.4, 0.5) is 4.79 Å². The summed E-state index contributed by atoms with van der Waals surface area (Å²) in [5.41, 5.74) is -0.202. The number of rotatable bonds is 6. The van der Waals surface area contributed by atoms with Gasteiger partial charge >= 0.3 is 6.03 Å². The number of hydrogen-bond donors (Lipinski definition) is 2. The lowest BCUT2D eigenvalue weighted by Crippen LogP contribution is -2.55. The normalized spacial score (nSPS) is 16.4. The van der Waals surface area contributed by atoms with Gasteiger partial charge in [0.05, 0.1) is 0 Å². The molecule has 1 heterocycles. The molecule has 120 valence electrons. The lowest BCUT2D eigenvalue weighted by Gasteiger charge is -2.35. The van der Waals surface area contributed by atoms with E-state index in [0.29, 0.717) is 0 Å². The van der Waals surface area contributed by atoms with E-state index < -0.39 is 0 Å². The van der Waals surface area contributed by atoms with E-state index >= 15 is 0 Å². The summed E-state index contributed by atoms with van der Waals surface area (Å²) in [4.78, 5) is 25.3. The Bertz CT molecular complexity index is 370. The van der Waals surface area contributed by atoms with Gasteiger partial charge in [-0.2, -0.15) is 0 Å². The molecule has 5 heteroatoms. The molecular formula is C16H29N3O2. The molecule has 1 saturated heterocycles. The van der Waals surface area contributed by atoms with Crippen LogP contribution >= 0.6 is 0 Å². The largest absolute Gasteiger partial charge is 0.343 e. The fraction of sp³-hybridized carbons (Fsp3) is 0.750. The van der Waals surface area contributed by atoms with E-state index in [0.717, 1.165) is 45.2 Å². The van der Waals surface area contributed by atoms with Crippen LogP contribution in [-0.4, -0.2) is 41.5 Å². The van der Waals surface area contributed by atoms with Crippen LogP contribution in [0.3, 0.4) is 0 Å². The molecule has 1 rings (SSSR count). The summed E-state index contributed by atoms with van der Waals surface area (Å²) in [5.74, 6) is 0.111. The van der Waals surface area contributed by atoms with Crippen molar-refractivity contribution in [1.82, 2.24) is 15.5 Å². The fourth-order valence-electron chi connectivity index (χ4n) is 2.84. The Morgan fingerprint density at radius 2 is 1.86 bits per heavy atom. The Morgan fingerprint density at radius 3 is 2.29 bits per heavy atom. The summed E-state index contributed by atoms with van der Waals surface area (Å²) in [6.45, 7) is 11.0. The Labute approximate surface area is 128 Å². The molecule has 0 unspecified atom stereocenters. The number of hydrogen-bond acceptors (Lipinski definition) is 2. The average molecular weight is 295 g/mol. The topological polar surface area (TPSA) is 61.4 Å². The first-order valence-corrected chi connectivity index (χ1v) is 7.91. The van der Waals surface area contributed by atoms with E-state index in [1.54, 1.807) is 6.92 Å². The number of nitrogens with zero attached hydrogens (tertiary/aromatic N) is 1. The third-order valence-corrected chi connectivity index (χ3v) is 4.54. The molecule has 1 aliphatic heterocycles. The van der Waals surface area contributed by atoms with Gasteiger partial charge in [0.1, 0.15) is 0 Å². The minimum atomic E-state index is -0.202. The standard InChI is InChI=1S/C16H29N3O2/c1-5-10-16(6-2,7-3)18-15(21)17-14-8-11-19(12-9-14)13(4)20/h5,14H,1,6-12H2,2-4H3,(H2,17,18,21). The Kier molecular flexibility index (Phi) is 6.72. The summed E-state index contributed by atoms with van der Waals surface area (Å²) in [6.07, 6.45) is 6.03. The summed E-state index contributed by atoms with van der Waals surface area (Å²) < 4.78 is 0. The van der Waals surface area contributed by atoms with Gasteiger partial charge in [-0.3, -0.25) is 4.79 Å². The first-order chi connectivity index (χ1) is 9.96. The second-order valence-electron chi connectivity index (χ2n) is 5.86. The molecule has 1 aliphatic rings. The van der Waals surface area contributed by atoms with Gasteiger partial charge in [0.15, 0.2) is 0 Å². The highest BCUT2D eigenvalue weighted by Crippen LogP contribution is 2.20. The van der Waals surface area contributed by atoms with Crippen molar-refractivity contribution in [2.75, 3.05) is 13.1 Å². The van der Waals surface area contributed by atoms with Gasteiger partial charge in [0.2, 0.25) is 5.91 Å². The van der Waals surface area contributed by atoms with Gasteiger partial charge in [0.25, 0.3) is 0 Å². The number of carbonyl (C=O) groups is 2. The van der Waals surface area contributed by atoms with Crippen LogP contribution in [0.25, 0.3) is 0 Å². The molecular weight excluding hydrogens is 266 g/mol. The maximum absolute atomic E-state index is 12.2. The van der Waals surface area contributed by atoms with Crippen LogP contribution in [0.2, 0.25) is 0 Å². The van der Waals surface area contributed by atoms with Crippen LogP contribution in [-0.2, 0) is 4.79 Å². The third-order valence-electron chi connectivity index (χ3n) is 4.54. The van der Waals surface area contributed by atoms with Crippen molar-refractivity contribution < 1.29 is 9.59 Å². The molecule has 2 N–H and O–H groups in total. The molecule has 0 aromatic carbocycles. The van der Waals surface area contributed by atoms with Crippen molar-refractivity contribution in [3.8, 4) is 0 Å². The second-order valence-corrected chi connectivity index (χ2v) is 5.86. The van der Waals surface area contributed by atoms with Gasteiger partial charge in [-0.15, -0.1) is 6.58 Å². The molecule has 0 aromatic heterocycles. The number of carbonyl (C=O) groups excluding carboxylic acids is 2. The smallest absolute Gasteiger partial charge is 0.315 e. The van der Waals surface area contributed by atoms with E-state index in [2.05, 4.69) is 31.1 Å². The van der Waals surface area contributed by atoms with Crippen molar-refractivity contribution in [2.24, 2.45) is 0 Å². The lowest BCUT2D eigenvalue weighted by atomic mass is 9.89. The quantitative estimate of drug-likeness (QED) is 0.739. The highest BCUT2D eigenvalue weighted by Gasteiger charge is 2.28. The molecule has 0 aliphatic carbocycles. The van der Waals surface area contributed by atoms with Gasteiger partial charge in [-0.05, 0) is 32.1 Å². The summed E-state index contributed by atoms with van der Waals surface area (Å²) >= 11 is 0. The van der Waals surface area contributed by atoms with E-state index in [1.807, 2.05) is 11.0 Å². The van der Waals surface area contributed by atoms with Gasteiger partial charge in [-0.25, -0.2) is 4.79 Å². The predicted octanol–water partition coefficient (Wildman–Crippen LogP) is 2.43. The molecule has 0 saturated carbocycles. The number of likely N-dealkylation sites (tertiary alicyclic amines) is 1. The average Bonchev–Trinajstić information content (AvgIpc) is 2.47. The Morgan fingerprint density at radius 1 is 1.29 bits per heavy atom. The molecule has 3 amide bonds. The zero-order valence-corrected chi connectivity index (χ0v) is 13.6. The van der Waals surface area contributed by atoms with Crippen molar-refractivity contribution in [2.45, 2.75) is 64.5 Å². The van der Waals surface area contributed by atoms with Crippen LogP contribution in [0.5, 0.6) is 0 Å². The molecule has 0 atom stereocenters. The number of urea groups is 1. The van der Waals surface area contributed by atoms with Crippen molar-refractivity contribution in [3.05, 3.63) is 12.7 Å². The minimum Gasteiger partial charge on any atom is -0.343 e. The summed E-state index contributed by atoms with van der Waals surface area (Å²) in [5, 5.41) is 6.15. The molecule has 0 aromatic rings. The molecule has 5 nitrogen and oxygen atoms in total. The summed E-state index contributed by atoms with van der Waals surface area (Å²) in [6, 6.07) is 0.0394. The van der Waals surface area contributed by atoms with Crippen LogP contribution in [0.1, 0.15) is 52.9 Å². The SMILES string of the molecule is C=CCC(CC)(CC)NC(=O)NC1CCN(C(C)=O)CC1. The molecule has 21 heavy (non-hydrogen) atoms. The highest BCUT2D eigenvalue weighted by molar-refractivity contribution is 5.75. The van der Waals surface area contributed by atoms with Crippen LogP contribution in [0, 0.1) is 0 Å². The van der Waals surface area contributed by atoms with E-state index in [9.17, 15) is 9.59 Å². The number of piperidine rings is 1. The van der Waals surface area contributed by atoms with E-state index in [-0.39, 0.29) is 23.5 Å². The van der Waals surface area contributed by atoms with Gasteiger partial charge in [-0.1, -0.05) is 19.9 Å². The Hall–Kier alpha value is -1.52. The maximum atomic E-state index is 12.2. The molecule has 0 radical (unpaired) electrons. The van der Waals surface area contributed by atoms with E-state index in [4.69, 9.17) is 0 Å². The molecule has 1 fully saturated rings. The van der Waals surface area contributed by atoms with Gasteiger partial charge < -0.3 is 15.5 Å². The van der Waals surface area contributed by atoms with Crippen molar-refractivity contribution in [1.29, 1.82) is 0 Å². The second kappa shape index (κ2) is 8.05. The first kappa shape index (κ1) is 17.5. The molecule has 0 spiro atoms. The predicted molar refractivity (Wildman–Crippen MR) is 85.1 cm³/mol. The fourth-order valence-corrected chi connectivity index (χ4v) is 2.84.